The third-order valence-electron chi connectivity index (χ3n) is 8.11. The van der Waals surface area contributed by atoms with Crippen molar-refractivity contribution in [1.82, 2.24) is 0 Å². The van der Waals surface area contributed by atoms with E-state index in [9.17, 15) is 19.4 Å². The summed E-state index contributed by atoms with van der Waals surface area (Å²) in [5.74, 6) is -0.396. The van der Waals surface area contributed by atoms with Crippen LogP contribution in [-0.4, -0.2) is 66.3 Å². The Morgan fingerprint density at radius 2 is 1.08 bits per heavy atom. The van der Waals surface area contributed by atoms with Gasteiger partial charge in [0.2, 0.25) is 0 Å². The van der Waals surface area contributed by atoms with Gasteiger partial charge in [-0.25, -0.2) is 4.57 Å². The topological polar surface area (TPSA) is 132 Å². The van der Waals surface area contributed by atoms with E-state index >= 15 is 0 Å². The molecule has 0 radical (unpaired) electrons. The first-order valence-electron chi connectivity index (χ1n) is 19.3. The summed E-state index contributed by atoms with van der Waals surface area (Å²) in [5, 5.41) is 18.3. The number of carbonyl (C=O) groups excluding carboxylic acids is 1. The number of carbonyl (C=O) groups is 1. The Bertz CT molecular complexity index is 805. The minimum absolute atomic E-state index is 0.0435. The fourth-order valence-electron chi connectivity index (χ4n) is 5.09. The Hall–Kier alpha value is -1.06. The van der Waals surface area contributed by atoms with Crippen LogP contribution in [0.4, 0.5) is 0 Å². The first-order valence-corrected chi connectivity index (χ1v) is 20.8. The Morgan fingerprint density at radius 3 is 1.62 bits per heavy atom. The molecule has 284 valence electrons. The van der Waals surface area contributed by atoms with E-state index in [4.69, 9.17) is 23.6 Å². The first-order chi connectivity index (χ1) is 23.3. The van der Waals surface area contributed by atoms with Gasteiger partial charge in [0, 0.05) is 13.0 Å². The number of phosphoric ester groups is 1. The van der Waals surface area contributed by atoms with Crippen molar-refractivity contribution in [2.24, 2.45) is 0 Å². The van der Waals surface area contributed by atoms with Crippen LogP contribution in [0.25, 0.3) is 0 Å². The highest BCUT2D eigenvalue weighted by Crippen LogP contribution is 2.43. The largest absolute Gasteiger partial charge is 0.472 e. The van der Waals surface area contributed by atoms with E-state index in [1.54, 1.807) is 0 Å². The molecule has 9 nitrogen and oxygen atoms in total. The average molecular weight is 705 g/mol. The lowest BCUT2D eigenvalue weighted by atomic mass is 10.1. The summed E-state index contributed by atoms with van der Waals surface area (Å²) in [6.07, 6.45) is 34.2. The zero-order chi connectivity index (χ0) is 35.4. The van der Waals surface area contributed by atoms with Gasteiger partial charge in [-0.3, -0.25) is 13.8 Å². The SMILES string of the molecule is CCCC/C=C\CCCCCCCC(=O)OC(COCCCCCCCC/C=C\CCCCCCCC)COP(=O)(O)OCC(O)CO. The first kappa shape index (κ1) is 46.9. The second-order valence-corrected chi connectivity index (χ2v) is 14.4. The molecule has 0 aliphatic rings. The maximum Gasteiger partial charge on any atom is 0.472 e. The number of hydrogen-bond acceptors (Lipinski definition) is 8. The molecule has 0 heterocycles. The van der Waals surface area contributed by atoms with Crippen LogP contribution < -0.4 is 0 Å². The van der Waals surface area contributed by atoms with Gasteiger partial charge in [0.15, 0.2) is 0 Å². The van der Waals surface area contributed by atoms with Gasteiger partial charge in [0.05, 0.1) is 26.4 Å². The molecule has 0 bridgehead atoms. The number of hydrogen-bond donors (Lipinski definition) is 3. The molecule has 0 aliphatic heterocycles. The van der Waals surface area contributed by atoms with E-state index in [0.717, 1.165) is 70.6 Å². The molecule has 3 unspecified atom stereocenters. The van der Waals surface area contributed by atoms with E-state index in [1.165, 1.54) is 77.0 Å². The van der Waals surface area contributed by atoms with E-state index in [0.29, 0.717) is 6.61 Å². The van der Waals surface area contributed by atoms with Gasteiger partial charge in [-0.2, -0.15) is 0 Å². The molecule has 0 aromatic carbocycles. The molecule has 0 aromatic rings. The second-order valence-electron chi connectivity index (χ2n) is 12.9. The summed E-state index contributed by atoms with van der Waals surface area (Å²) < 4.78 is 33.2. The van der Waals surface area contributed by atoms with E-state index in [-0.39, 0.29) is 19.6 Å². The van der Waals surface area contributed by atoms with Gasteiger partial charge >= 0.3 is 13.8 Å². The van der Waals surface area contributed by atoms with E-state index < -0.39 is 39.2 Å². The van der Waals surface area contributed by atoms with Crippen molar-refractivity contribution in [2.75, 3.05) is 33.0 Å². The highest BCUT2D eigenvalue weighted by Gasteiger charge is 2.26. The van der Waals surface area contributed by atoms with Crippen molar-refractivity contribution >= 4 is 13.8 Å². The summed E-state index contributed by atoms with van der Waals surface area (Å²) >= 11 is 0. The lowest BCUT2D eigenvalue weighted by Gasteiger charge is -2.20. The lowest BCUT2D eigenvalue weighted by molar-refractivity contribution is -0.154. The number of unbranched alkanes of at least 4 members (excludes halogenated alkanes) is 19. The minimum Gasteiger partial charge on any atom is -0.457 e. The van der Waals surface area contributed by atoms with Crippen LogP contribution in [0.2, 0.25) is 0 Å². The number of esters is 1. The van der Waals surface area contributed by atoms with Gasteiger partial charge in [0.1, 0.15) is 12.2 Å². The smallest absolute Gasteiger partial charge is 0.457 e. The van der Waals surface area contributed by atoms with Gasteiger partial charge < -0.3 is 24.6 Å². The minimum atomic E-state index is -4.51. The average Bonchev–Trinajstić information content (AvgIpc) is 3.07. The Kier molecular flexibility index (Phi) is 35.0. The Labute approximate surface area is 293 Å². The van der Waals surface area contributed by atoms with Gasteiger partial charge in [-0.15, -0.1) is 0 Å². The molecule has 3 N–H and O–H groups in total. The molecule has 0 spiro atoms. The van der Waals surface area contributed by atoms with E-state index in [2.05, 4.69) is 38.2 Å². The molecule has 0 rings (SSSR count). The van der Waals surface area contributed by atoms with Crippen molar-refractivity contribution in [2.45, 2.75) is 180 Å². The van der Waals surface area contributed by atoms with Crippen molar-refractivity contribution in [1.29, 1.82) is 0 Å². The molecule has 0 aliphatic carbocycles. The predicted octanol–water partition coefficient (Wildman–Crippen LogP) is 9.92. The molecule has 0 fully saturated rings. The van der Waals surface area contributed by atoms with E-state index in [1.807, 2.05) is 0 Å². The molecule has 0 aromatic heterocycles. The highest BCUT2D eigenvalue weighted by molar-refractivity contribution is 7.47. The molecule has 3 atom stereocenters. The fraction of sp³-hybridized carbons (Fsp3) is 0.868. The van der Waals surface area contributed by atoms with Gasteiger partial charge in [-0.05, 0) is 57.8 Å². The summed E-state index contributed by atoms with van der Waals surface area (Å²) in [5.41, 5.74) is 0. The number of allylic oxidation sites excluding steroid dienone is 4. The van der Waals surface area contributed by atoms with Gasteiger partial charge in [0.25, 0.3) is 0 Å². The van der Waals surface area contributed by atoms with Crippen LogP contribution in [0.1, 0.15) is 168 Å². The highest BCUT2D eigenvalue weighted by atomic mass is 31.2. The standard InChI is InChI=1S/C38H73O9P/c1-3-5-7-9-11-13-15-16-17-18-19-21-23-25-27-29-31-44-34-37(35-46-48(42,43)45-33-36(40)32-39)47-38(41)30-28-26-24-22-20-14-12-10-8-6-4-2/h10,12,16-17,36-37,39-40H,3-9,11,13-15,18-35H2,1-2H3,(H,42,43)/b12-10-,17-16-. The van der Waals surface area contributed by atoms with Crippen LogP contribution >= 0.6 is 7.82 Å². The molecule has 10 heteroatoms. The maximum absolute atomic E-state index is 12.5. The zero-order valence-electron chi connectivity index (χ0n) is 30.7. The van der Waals surface area contributed by atoms with Crippen LogP contribution in [0, 0.1) is 0 Å². The number of phosphoric acid groups is 1. The summed E-state index contributed by atoms with van der Waals surface area (Å²) in [6.45, 7) is 3.44. The van der Waals surface area contributed by atoms with Crippen LogP contribution in [0.15, 0.2) is 24.3 Å². The zero-order valence-corrected chi connectivity index (χ0v) is 31.6. The molecule has 0 saturated heterocycles. The molecule has 48 heavy (non-hydrogen) atoms. The molecule has 0 saturated carbocycles. The number of ether oxygens (including phenoxy) is 2. The molecular weight excluding hydrogens is 631 g/mol. The Balaban J connectivity index is 4.22. The summed E-state index contributed by atoms with van der Waals surface area (Å²) in [7, 11) is -4.51. The molecular formula is C38H73O9P. The quantitative estimate of drug-likeness (QED) is 0.0250. The molecule has 0 amide bonds. The predicted molar refractivity (Wildman–Crippen MR) is 196 cm³/mol. The third kappa shape index (κ3) is 34.8. The van der Waals surface area contributed by atoms with Crippen LogP contribution in [0.3, 0.4) is 0 Å². The lowest BCUT2D eigenvalue weighted by Crippen LogP contribution is -2.29. The number of aliphatic hydroxyl groups excluding tert-OH is 2. The van der Waals surface area contributed by atoms with Crippen LogP contribution in [-0.2, 0) is 27.9 Å². The monoisotopic (exact) mass is 704 g/mol. The van der Waals surface area contributed by atoms with Crippen molar-refractivity contribution < 1.29 is 43.0 Å². The van der Waals surface area contributed by atoms with Gasteiger partial charge in [-0.1, -0.05) is 128 Å². The fourth-order valence-corrected chi connectivity index (χ4v) is 5.88. The number of rotatable bonds is 37. The Morgan fingerprint density at radius 1 is 0.625 bits per heavy atom. The van der Waals surface area contributed by atoms with Crippen molar-refractivity contribution in [3.8, 4) is 0 Å². The summed E-state index contributed by atoms with van der Waals surface area (Å²) in [4.78, 5) is 22.4. The summed E-state index contributed by atoms with van der Waals surface area (Å²) in [6, 6.07) is 0. The second kappa shape index (κ2) is 35.8. The van der Waals surface area contributed by atoms with Crippen molar-refractivity contribution in [3.63, 3.8) is 0 Å². The van der Waals surface area contributed by atoms with Crippen molar-refractivity contribution in [3.05, 3.63) is 24.3 Å². The third-order valence-corrected chi connectivity index (χ3v) is 9.06. The van der Waals surface area contributed by atoms with Crippen LogP contribution in [0.5, 0.6) is 0 Å². The maximum atomic E-state index is 12.5. The number of aliphatic hydroxyl groups is 2. The normalized spacial score (nSPS) is 14.5.